The molecule has 0 radical (unpaired) electrons. The highest BCUT2D eigenvalue weighted by Gasteiger charge is 2.39. The van der Waals surface area contributed by atoms with Gasteiger partial charge in [0.15, 0.2) is 0 Å². The van der Waals surface area contributed by atoms with Crippen molar-refractivity contribution in [2.24, 2.45) is 11.8 Å². The van der Waals surface area contributed by atoms with Crippen LogP contribution in [0.15, 0.2) is 48.8 Å². The number of benzene rings is 2. The van der Waals surface area contributed by atoms with E-state index < -0.39 is 24.3 Å². The number of amides is 4. The molecule has 2 saturated heterocycles. The number of hydrogen-bond donors (Lipinski definition) is 4. The topological polar surface area (TPSA) is 175 Å². The van der Waals surface area contributed by atoms with Gasteiger partial charge in [0, 0.05) is 24.2 Å². The van der Waals surface area contributed by atoms with Crippen LogP contribution >= 0.6 is 24.8 Å². The van der Waals surface area contributed by atoms with Gasteiger partial charge in [-0.15, -0.1) is 24.8 Å². The average molecular weight is 786 g/mol. The second-order valence-electron chi connectivity index (χ2n) is 14.2. The van der Waals surface area contributed by atoms with Crippen LogP contribution in [0.2, 0.25) is 0 Å². The lowest BCUT2D eigenvalue weighted by atomic mass is 10.0. The SMILES string of the molecule is COC(=O)NC(C(=O)N1CCC[C@H]1c1ncc(-c2ccc3cc(-c4cnc([C@@H]5CCCN5C(=O)[C@@H](NC(=O)OC)C(C)C)[nH]4)ccc3c2)[nH]1)C(C)C.Cl.Cl. The maximum atomic E-state index is 13.5. The minimum absolute atomic E-state index is 0. The van der Waals surface area contributed by atoms with Gasteiger partial charge in [0.25, 0.3) is 0 Å². The van der Waals surface area contributed by atoms with Gasteiger partial charge in [-0.25, -0.2) is 19.6 Å². The second kappa shape index (κ2) is 18.0. The van der Waals surface area contributed by atoms with Gasteiger partial charge in [-0.3, -0.25) is 9.59 Å². The molecule has 2 fully saturated rings. The number of carbonyl (C=O) groups is 4. The fraction of sp³-hybridized carbons (Fsp3) is 0.474. The fourth-order valence-electron chi connectivity index (χ4n) is 7.27. The molecular weight excluding hydrogens is 735 g/mol. The molecule has 0 saturated carbocycles. The molecule has 2 aromatic heterocycles. The maximum Gasteiger partial charge on any atom is 0.407 e. The number of imidazole rings is 2. The van der Waals surface area contributed by atoms with Crippen molar-refractivity contribution in [2.75, 3.05) is 27.3 Å². The van der Waals surface area contributed by atoms with Crippen molar-refractivity contribution in [3.63, 3.8) is 0 Å². The van der Waals surface area contributed by atoms with E-state index in [1.54, 1.807) is 22.2 Å². The minimum atomic E-state index is -0.692. The monoisotopic (exact) mass is 784 g/mol. The molecule has 4 heterocycles. The molecule has 0 spiro atoms. The highest BCUT2D eigenvalue weighted by molar-refractivity contribution is 5.90. The van der Waals surface area contributed by atoms with E-state index in [2.05, 4.69) is 54.8 Å². The third-order valence-corrected chi connectivity index (χ3v) is 10.1. The van der Waals surface area contributed by atoms with Crippen LogP contribution in [0.4, 0.5) is 9.59 Å². The van der Waals surface area contributed by atoms with Crippen LogP contribution in [0.3, 0.4) is 0 Å². The Bertz CT molecular complexity index is 1810. The summed E-state index contributed by atoms with van der Waals surface area (Å²) in [7, 11) is 2.57. The maximum absolute atomic E-state index is 13.5. The van der Waals surface area contributed by atoms with Crippen molar-refractivity contribution in [3.05, 3.63) is 60.4 Å². The Balaban J connectivity index is 0.00000325. The summed E-state index contributed by atoms with van der Waals surface area (Å²) in [4.78, 5) is 70.9. The molecule has 2 aromatic carbocycles. The standard InChI is InChI=1S/C38H48N8O6.2ClH/c1-21(2)31(43-37(49)51-5)35(47)45-15-7-9-29(45)33-39-19-27(41-33)25-13-11-24-18-26(14-12-23(24)17-25)28-20-40-34(42-28)30-10-8-16-46(30)36(48)32(22(3)4)44-38(50)52-6;;/h11-14,17-22,29-32H,7-10,15-16H2,1-6H3,(H,39,41)(H,40,42)(H,43,49)(H,44,50);2*1H/t29-,30-,31-,32?;;/m0../s1. The lowest BCUT2D eigenvalue weighted by Gasteiger charge is -2.30. The Morgan fingerprint density at radius 2 is 1.07 bits per heavy atom. The van der Waals surface area contributed by atoms with Gasteiger partial charge in [-0.05, 0) is 60.4 Å². The predicted octanol–water partition coefficient (Wildman–Crippen LogP) is 6.55. The molecule has 4 aromatic rings. The molecule has 2 aliphatic heterocycles. The van der Waals surface area contributed by atoms with E-state index in [0.29, 0.717) is 24.7 Å². The molecule has 292 valence electrons. The molecule has 16 heteroatoms. The number of carbonyl (C=O) groups excluding carboxylic acids is 4. The number of aromatic nitrogens is 4. The molecule has 4 atom stereocenters. The summed E-state index contributed by atoms with van der Waals surface area (Å²) < 4.78 is 9.51. The zero-order valence-electron chi connectivity index (χ0n) is 31.4. The van der Waals surface area contributed by atoms with E-state index in [4.69, 9.17) is 9.47 Å². The van der Waals surface area contributed by atoms with Crippen molar-refractivity contribution in [2.45, 2.75) is 77.5 Å². The quantitative estimate of drug-likeness (QED) is 0.140. The van der Waals surface area contributed by atoms with Gasteiger partial charge in [-0.1, -0.05) is 52.0 Å². The van der Waals surface area contributed by atoms with Gasteiger partial charge in [0.1, 0.15) is 23.7 Å². The Kier molecular flexibility index (Phi) is 14.0. The van der Waals surface area contributed by atoms with Gasteiger partial charge in [-0.2, -0.15) is 0 Å². The molecule has 1 unspecified atom stereocenters. The highest BCUT2D eigenvalue weighted by atomic mass is 35.5. The third-order valence-electron chi connectivity index (χ3n) is 10.1. The number of aromatic amines is 2. The number of H-pyrrole nitrogens is 2. The van der Waals surface area contributed by atoms with Gasteiger partial charge in [0.05, 0.1) is 50.1 Å². The highest BCUT2D eigenvalue weighted by Crippen LogP contribution is 2.35. The molecular formula is C38H50Cl2N8O6. The lowest BCUT2D eigenvalue weighted by Crippen LogP contribution is -2.51. The summed E-state index contributed by atoms with van der Waals surface area (Å²) in [6.45, 7) is 8.77. The van der Waals surface area contributed by atoms with Crippen molar-refractivity contribution < 1.29 is 28.7 Å². The van der Waals surface area contributed by atoms with Crippen LogP contribution in [0.5, 0.6) is 0 Å². The van der Waals surface area contributed by atoms with Crippen LogP contribution in [-0.2, 0) is 19.1 Å². The average Bonchev–Trinajstić information content (AvgIpc) is 3.97. The Morgan fingerprint density at radius 1 is 0.685 bits per heavy atom. The summed E-state index contributed by atoms with van der Waals surface area (Å²) in [5.74, 6) is 0.926. The number of rotatable bonds is 10. The van der Waals surface area contributed by atoms with E-state index >= 15 is 0 Å². The van der Waals surface area contributed by atoms with Gasteiger partial charge in [0.2, 0.25) is 11.8 Å². The number of fused-ring (bicyclic) bond motifs is 1. The molecule has 4 N–H and O–H groups in total. The normalized spacial score (nSPS) is 17.9. The Morgan fingerprint density at radius 3 is 1.43 bits per heavy atom. The van der Waals surface area contributed by atoms with E-state index in [1.807, 2.05) is 39.8 Å². The number of alkyl carbamates (subject to hydrolysis) is 2. The predicted molar refractivity (Wildman–Crippen MR) is 209 cm³/mol. The van der Waals surface area contributed by atoms with Crippen LogP contribution in [0.25, 0.3) is 33.3 Å². The Labute approximate surface area is 327 Å². The molecule has 54 heavy (non-hydrogen) atoms. The fourth-order valence-corrected chi connectivity index (χ4v) is 7.27. The Hall–Kier alpha value is -4.82. The first kappa shape index (κ1) is 41.9. The number of nitrogens with one attached hydrogen (secondary N) is 4. The van der Waals surface area contributed by atoms with E-state index in [-0.39, 0.29) is 60.5 Å². The molecule has 6 rings (SSSR count). The smallest absolute Gasteiger partial charge is 0.407 e. The van der Waals surface area contributed by atoms with Crippen molar-refractivity contribution >= 4 is 59.6 Å². The van der Waals surface area contributed by atoms with Crippen molar-refractivity contribution in [1.82, 2.24) is 40.4 Å². The zero-order valence-corrected chi connectivity index (χ0v) is 33.0. The number of methoxy groups -OCH3 is 2. The first-order chi connectivity index (χ1) is 25.0. The zero-order chi connectivity index (χ0) is 37.1. The van der Waals surface area contributed by atoms with Crippen LogP contribution in [0, 0.1) is 11.8 Å². The number of hydrogen-bond acceptors (Lipinski definition) is 8. The van der Waals surface area contributed by atoms with E-state index in [0.717, 1.165) is 59.0 Å². The number of likely N-dealkylation sites (tertiary alicyclic amines) is 2. The summed E-state index contributed by atoms with van der Waals surface area (Å²) in [5.41, 5.74) is 3.64. The van der Waals surface area contributed by atoms with Crippen molar-refractivity contribution in [1.29, 1.82) is 0 Å². The van der Waals surface area contributed by atoms with Gasteiger partial charge < -0.3 is 39.9 Å². The number of halogens is 2. The summed E-state index contributed by atoms with van der Waals surface area (Å²) in [6.07, 6.45) is 5.59. The molecule has 0 aliphatic carbocycles. The number of nitrogens with zero attached hydrogens (tertiary/aromatic N) is 4. The minimum Gasteiger partial charge on any atom is -0.453 e. The largest absolute Gasteiger partial charge is 0.453 e. The summed E-state index contributed by atoms with van der Waals surface area (Å²) in [6, 6.07) is 10.6. The molecule has 4 amide bonds. The second-order valence-corrected chi connectivity index (χ2v) is 14.2. The van der Waals surface area contributed by atoms with Crippen LogP contribution < -0.4 is 10.6 Å². The van der Waals surface area contributed by atoms with Crippen LogP contribution in [0.1, 0.15) is 77.1 Å². The summed E-state index contributed by atoms with van der Waals surface area (Å²) >= 11 is 0. The van der Waals surface area contributed by atoms with Gasteiger partial charge >= 0.3 is 12.2 Å². The van der Waals surface area contributed by atoms with E-state index in [9.17, 15) is 19.2 Å². The molecule has 0 bridgehead atoms. The summed E-state index contributed by atoms with van der Waals surface area (Å²) in [5, 5.41) is 7.49. The number of ether oxygens (including phenoxy) is 2. The molecule has 14 nitrogen and oxygen atoms in total. The first-order valence-corrected chi connectivity index (χ1v) is 17.9. The third kappa shape index (κ3) is 8.76. The van der Waals surface area contributed by atoms with Crippen LogP contribution in [-0.4, -0.2) is 93.1 Å². The van der Waals surface area contributed by atoms with E-state index in [1.165, 1.54) is 14.2 Å². The molecule has 2 aliphatic rings. The lowest BCUT2D eigenvalue weighted by molar-refractivity contribution is -0.136. The first-order valence-electron chi connectivity index (χ1n) is 17.9. The van der Waals surface area contributed by atoms with Crippen molar-refractivity contribution in [3.8, 4) is 22.5 Å².